The van der Waals surface area contributed by atoms with E-state index in [1.54, 1.807) is 0 Å². The zero-order valence-corrected chi connectivity index (χ0v) is 14.7. The topological polar surface area (TPSA) is 47.6 Å². The molecule has 1 heterocycles. The van der Waals surface area contributed by atoms with E-state index in [2.05, 4.69) is 24.4 Å². The van der Waals surface area contributed by atoms with Crippen LogP contribution >= 0.6 is 0 Å². The molecule has 0 fully saturated rings. The van der Waals surface area contributed by atoms with Crippen molar-refractivity contribution in [3.8, 4) is 11.5 Å². The van der Waals surface area contributed by atoms with Crippen molar-refractivity contribution >= 4 is 5.91 Å². The molecule has 4 heteroatoms. The standard InChI is InChI=1S/C21H25NO3/c1-2-16-9-11-17(12-10-16)24-14-5-8-21(23)22-19-13-15-25-20-7-4-3-6-18(19)20/h3-4,6-7,9-12,19H,2,5,8,13-15H2,1H3,(H,22,23). The summed E-state index contributed by atoms with van der Waals surface area (Å²) in [5.41, 5.74) is 2.36. The quantitative estimate of drug-likeness (QED) is 0.774. The summed E-state index contributed by atoms with van der Waals surface area (Å²) >= 11 is 0. The average Bonchev–Trinajstić information content (AvgIpc) is 2.66. The number of para-hydroxylation sites is 1. The fourth-order valence-electron chi connectivity index (χ4n) is 3.00. The van der Waals surface area contributed by atoms with Gasteiger partial charge in [-0.15, -0.1) is 0 Å². The number of hydrogen-bond acceptors (Lipinski definition) is 3. The van der Waals surface area contributed by atoms with Gasteiger partial charge in [0, 0.05) is 18.4 Å². The van der Waals surface area contributed by atoms with E-state index < -0.39 is 0 Å². The molecule has 4 nitrogen and oxygen atoms in total. The smallest absolute Gasteiger partial charge is 0.220 e. The van der Waals surface area contributed by atoms with Gasteiger partial charge in [-0.25, -0.2) is 0 Å². The molecule has 0 saturated carbocycles. The van der Waals surface area contributed by atoms with Crippen LogP contribution in [0.15, 0.2) is 48.5 Å². The Labute approximate surface area is 149 Å². The van der Waals surface area contributed by atoms with Crippen molar-refractivity contribution in [3.05, 3.63) is 59.7 Å². The fraction of sp³-hybridized carbons (Fsp3) is 0.381. The minimum Gasteiger partial charge on any atom is -0.494 e. The second-order valence-corrected chi connectivity index (χ2v) is 6.24. The summed E-state index contributed by atoms with van der Waals surface area (Å²) < 4.78 is 11.3. The van der Waals surface area contributed by atoms with Crippen LogP contribution in [0.5, 0.6) is 11.5 Å². The van der Waals surface area contributed by atoms with Crippen molar-refractivity contribution in [2.45, 2.75) is 38.6 Å². The van der Waals surface area contributed by atoms with Crippen molar-refractivity contribution < 1.29 is 14.3 Å². The third-order valence-electron chi connectivity index (χ3n) is 4.44. The zero-order chi connectivity index (χ0) is 17.5. The zero-order valence-electron chi connectivity index (χ0n) is 14.7. The van der Waals surface area contributed by atoms with Crippen molar-refractivity contribution in [3.63, 3.8) is 0 Å². The van der Waals surface area contributed by atoms with Crippen molar-refractivity contribution in [1.82, 2.24) is 5.32 Å². The van der Waals surface area contributed by atoms with E-state index >= 15 is 0 Å². The fourth-order valence-corrected chi connectivity index (χ4v) is 3.00. The van der Waals surface area contributed by atoms with Gasteiger partial charge in [0.25, 0.3) is 0 Å². The molecule has 132 valence electrons. The third kappa shape index (κ3) is 4.75. The van der Waals surface area contributed by atoms with Crippen molar-refractivity contribution in [1.29, 1.82) is 0 Å². The summed E-state index contributed by atoms with van der Waals surface area (Å²) in [6, 6.07) is 16.1. The average molecular weight is 339 g/mol. The first kappa shape index (κ1) is 17.3. The van der Waals surface area contributed by atoms with E-state index in [9.17, 15) is 4.79 Å². The van der Waals surface area contributed by atoms with Crippen LogP contribution in [0.4, 0.5) is 0 Å². The number of aryl methyl sites for hydroxylation is 1. The second-order valence-electron chi connectivity index (χ2n) is 6.24. The summed E-state index contributed by atoms with van der Waals surface area (Å²) in [5.74, 6) is 1.79. The Morgan fingerprint density at radius 2 is 2.00 bits per heavy atom. The summed E-state index contributed by atoms with van der Waals surface area (Å²) in [6.45, 7) is 3.31. The number of carbonyl (C=O) groups excluding carboxylic acids is 1. The molecule has 0 aliphatic carbocycles. The largest absolute Gasteiger partial charge is 0.494 e. The normalized spacial score (nSPS) is 15.8. The molecular formula is C21H25NO3. The Morgan fingerprint density at radius 1 is 1.20 bits per heavy atom. The van der Waals surface area contributed by atoms with Gasteiger partial charge in [-0.3, -0.25) is 4.79 Å². The molecule has 2 aromatic rings. The van der Waals surface area contributed by atoms with E-state index in [1.165, 1.54) is 5.56 Å². The Morgan fingerprint density at radius 3 is 2.80 bits per heavy atom. The molecule has 0 aromatic heterocycles. The predicted octanol–water partition coefficient (Wildman–Crippen LogP) is 4.05. The van der Waals surface area contributed by atoms with Crippen molar-refractivity contribution in [2.75, 3.05) is 13.2 Å². The van der Waals surface area contributed by atoms with Crippen LogP contribution in [0.1, 0.15) is 43.4 Å². The van der Waals surface area contributed by atoms with E-state index in [0.29, 0.717) is 26.1 Å². The molecule has 25 heavy (non-hydrogen) atoms. The minimum atomic E-state index is 0.0416. The van der Waals surface area contributed by atoms with E-state index in [4.69, 9.17) is 9.47 Å². The van der Waals surface area contributed by atoms with E-state index in [1.807, 2.05) is 36.4 Å². The highest BCUT2D eigenvalue weighted by Gasteiger charge is 2.22. The molecule has 1 aliphatic rings. The molecule has 1 aliphatic heterocycles. The number of benzene rings is 2. The summed E-state index contributed by atoms with van der Waals surface area (Å²) in [4.78, 5) is 12.2. The lowest BCUT2D eigenvalue weighted by Gasteiger charge is -2.26. The van der Waals surface area contributed by atoms with Crippen LogP contribution in [0, 0.1) is 0 Å². The molecular weight excluding hydrogens is 314 g/mol. The van der Waals surface area contributed by atoms with Gasteiger partial charge in [0.15, 0.2) is 0 Å². The van der Waals surface area contributed by atoms with Gasteiger partial charge in [-0.2, -0.15) is 0 Å². The Kier molecular flexibility index (Phi) is 5.94. The highest BCUT2D eigenvalue weighted by molar-refractivity contribution is 5.76. The molecule has 2 aromatic carbocycles. The van der Waals surface area contributed by atoms with Crippen LogP contribution in [0.2, 0.25) is 0 Å². The molecule has 3 rings (SSSR count). The Bertz CT molecular complexity index is 697. The van der Waals surface area contributed by atoms with E-state index in [-0.39, 0.29) is 11.9 Å². The number of rotatable bonds is 7. The summed E-state index contributed by atoms with van der Waals surface area (Å²) in [5, 5.41) is 3.11. The number of nitrogens with one attached hydrogen (secondary N) is 1. The maximum Gasteiger partial charge on any atom is 0.220 e. The second kappa shape index (κ2) is 8.56. The molecule has 0 radical (unpaired) electrons. The lowest BCUT2D eigenvalue weighted by atomic mass is 10.0. The number of hydrogen-bond donors (Lipinski definition) is 1. The first-order chi connectivity index (χ1) is 12.3. The van der Waals surface area contributed by atoms with Gasteiger partial charge in [-0.05, 0) is 36.6 Å². The Balaban J connectivity index is 1.41. The lowest BCUT2D eigenvalue weighted by Crippen LogP contribution is -2.32. The first-order valence-corrected chi connectivity index (χ1v) is 8.99. The van der Waals surface area contributed by atoms with Crippen LogP contribution in [-0.2, 0) is 11.2 Å². The van der Waals surface area contributed by atoms with Gasteiger partial charge in [0.1, 0.15) is 11.5 Å². The SMILES string of the molecule is CCc1ccc(OCCCC(=O)NC2CCOc3ccccc32)cc1. The minimum absolute atomic E-state index is 0.0416. The summed E-state index contributed by atoms with van der Waals surface area (Å²) in [6.07, 6.45) is 3.00. The van der Waals surface area contributed by atoms with Crippen LogP contribution < -0.4 is 14.8 Å². The first-order valence-electron chi connectivity index (χ1n) is 8.99. The van der Waals surface area contributed by atoms with E-state index in [0.717, 1.165) is 29.9 Å². The number of amides is 1. The number of fused-ring (bicyclic) bond motifs is 1. The molecule has 1 N–H and O–H groups in total. The van der Waals surface area contributed by atoms with Gasteiger partial charge in [0.05, 0.1) is 19.3 Å². The number of carbonyl (C=O) groups is 1. The maximum atomic E-state index is 12.2. The summed E-state index contributed by atoms with van der Waals surface area (Å²) in [7, 11) is 0. The third-order valence-corrected chi connectivity index (χ3v) is 4.44. The highest BCUT2D eigenvalue weighted by Crippen LogP contribution is 2.31. The molecule has 1 unspecified atom stereocenters. The van der Waals surface area contributed by atoms with Crippen LogP contribution in [-0.4, -0.2) is 19.1 Å². The lowest BCUT2D eigenvalue weighted by molar-refractivity contribution is -0.122. The van der Waals surface area contributed by atoms with Crippen LogP contribution in [0.3, 0.4) is 0 Å². The molecule has 0 saturated heterocycles. The molecule has 0 bridgehead atoms. The predicted molar refractivity (Wildman–Crippen MR) is 98.0 cm³/mol. The molecule has 0 spiro atoms. The maximum absolute atomic E-state index is 12.2. The van der Waals surface area contributed by atoms with Gasteiger partial charge >= 0.3 is 0 Å². The molecule has 1 amide bonds. The van der Waals surface area contributed by atoms with Gasteiger partial charge in [0.2, 0.25) is 5.91 Å². The monoisotopic (exact) mass is 339 g/mol. The number of ether oxygens (including phenoxy) is 2. The van der Waals surface area contributed by atoms with Gasteiger partial charge < -0.3 is 14.8 Å². The Hall–Kier alpha value is -2.49. The van der Waals surface area contributed by atoms with Crippen molar-refractivity contribution in [2.24, 2.45) is 0 Å². The highest BCUT2D eigenvalue weighted by atomic mass is 16.5. The van der Waals surface area contributed by atoms with Gasteiger partial charge in [-0.1, -0.05) is 37.3 Å². The molecule has 1 atom stereocenters. The van der Waals surface area contributed by atoms with Crippen LogP contribution in [0.25, 0.3) is 0 Å².